The number of nitrogens with one attached hydrogen (secondary N) is 1. The van der Waals surface area contributed by atoms with Gasteiger partial charge in [0.15, 0.2) is 5.65 Å². The molecule has 4 heterocycles. The third-order valence-electron chi connectivity index (χ3n) is 6.87. The number of para-hydroxylation sites is 1. The third-order valence-corrected chi connectivity index (χ3v) is 8.06. The molecule has 1 atom stereocenters. The summed E-state index contributed by atoms with van der Waals surface area (Å²) < 4.78 is 27.8. The van der Waals surface area contributed by atoms with Crippen LogP contribution in [-0.2, 0) is 10.0 Å². The summed E-state index contributed by atoms with van der Waals surface area (Å²) in [6.07, 6.45) is 5.85. The molecular formula is C30H25N9O4S. The van der Waals surface area contributed by atoms with Gasteiger partial charge in [-0.25, -0.2) is 22.9 Å². The Bertz CT molecular complexity index is 2300. The molecule has 0 radical (unpaired) electrons. The normalized spacial score (nSPS) is 12.2. The topological polar surface area (TPSA) is 172 Å². The van der Waals surface area contributed by atoms with Crippen molar-refractivity contribution in [2.45, 2.75) is 19.9 Å². The van der Waals surface area contributed by atoms with Gasteiger partial charge in [-0.1, -0.05) is 36.1 Å². The quantitative estimate of drug-likeness (QED) is 0.268. The predicted molar refractivity (Wildman–Crippen MR) is 163 cm³/mol. The van der Waals surface area contributed by atoms with Gasteiger partial charge in [0.25, 0.3) is 21.5 Å². The molecule has 0 saturated heterocycles. The first-order chi connectivity index (χ1) is 21.2. The van der Waals surface area contributed by atoms with Crippen LogP contribution in [0.5, 0.6) is 0 Å². The summed E-state index contributed by atoms with van der Waals surface area (Å²) in [5.41, 5.74) is 7.79. The van der Waals surface area contributed by atoms with Crippen LogP contribution in [0, 0.1) is 18.8 Å². The summed E-state index contributed by atoms with van der Waals surface area (Å²) in [6.45, 7) is 3.48. The highest BCUT2D eigenvalue weighted by Gasteiger charge is 2.24. The average molecular weight is 608 g/mol. The minimum Gasteiger partial charge on any atom is -0.342 e. The number of nitrogens with two attached hydrogens (primary N) is 1. The number of carbonyl (C=O) groups excluding carboxylic acids is 1. The molecule has 6 aromatic rings. The molecule has 0 fully saturated rings. The molecule has 220 valence electrons. The van der Waals surface area contributed by atoms with Crippen molar-refractivity contribution >= 4 is 32.5 Å². The van der Waals surface area contributed by atoms with Crippen molar-refractivity contribution in [2.24, 2.45) is 5.73 Å². The van der Waals surface area contributed by atoms with E-state index in [0.717, 1.165) is 4.09 Å². The highest BCUT2D eigenvalue weighted by Crippen LogP contribution is 2.21. The number of aromatic nitrogens is 7. The van der Waals surface area contributed by atoms with E-state index < -0.39 is 33.4 Å². The number of aryl methyl sites for hydroxylation is 1. The third kappa shape index (κ3) is 5.10. The van der Waals surface area contributed by atoms with Crippen LogP contribution in [0.1, 0.15) is 46.0 Å². The lowest BCUT2D eigenvalue weighted by Crippen LogP contribution is -2.33. The minimum atomic E-state index is -3.77. The zero-order valence-corrected chi connectivity index (χ0v) is 24.4. The summed E-state index contributed by atoms with van der Waals surface area (Å²) in [7, 11) is -3.77. The number of rotatable bonds is 6. The van der Waals surface area contributed by atoms with E-state index in [1.807, 2.05) is 6.07 Å². The van der Waals surface area contributed by atoms with Crippen LogP contribution in [0.4, 0.5) is 0 Å². The lowest BCUT2D eigenvalue weighted by Gasteiger charge is -2.20. The molecule has 0 spiro atoms. The number of amides is 1. The first-order valence-electron chi connectivity index (χ1n) is 13.4. The maximum atomic E-state index is 14.2. The SMILES string of the molecule is Cc1nn2cccnc2c1C(=O)N[C@H](C)c1nc2cccc(C#Cc3cnn(S(=O)(=O)CN)c3)c2c(=O)n1-c1ccccc1. The second-order valence-electron chi connectivity index (χ2n) is 9.82. The van der Waals surface area contributed by atoms with Gasteiger partial charge in [-0.15, -0.1) is 0 Å². The Hall–Kier alpha value is -5.65. The fraction of sp³-hybridized carbons (Fsp3) is 0.133. The van der Waals surface area contributed by atoms with Gasteiger partial charge in [0.2, 0.25) is 0 Å². The molecule has 13 nitrogen and oxygen atoms in total. The van der Waals surface area contributed by atoms with Crippen molar-refractivity contribution in [1.82, 2.24) is 38.7 Å². The number of fused-ring (bicyclic) bond motifs is 2. The zero-order valence-electron chi connectivity index (χ0n) is 23.5. The molecule has 0 unspecified atom stereocenters. The molecule has 44 heavy (non-hydrogen) atoms. The second kappa shape index (κ2) is 11.2. The van der Waals surface area contributed by atoms with E-state index in [4.69, 9.17) is 10.7 Å². The van der Waals surface area contributed by atoms with Gasteiger partial charge in [0.1, 0.15) is 17.3 Å². The molecular weight excluding hydrogens is 582 g/mol. The van der Waals surface area contributed by atoms with Crippen LogP contribution in [0.2, 0.25) is 0 Å². The Morgan fingerprint density at radius 1 is 1.09 bits per heavy atom. The largest absolute Gasteiger partial charge is 0.342 e. The molecule has 1 amide bonds. The van der Waals surface area contributed by atoms with E-state index in [9.17, 15) is 18.0 Å². The first kappa shape index (κ1) is 28.5. The standard InChI is InChI=1S/C30H25N9O4S/c1-19-25(28-32-14-7-15-37(28)36-19)29(40)34-20(2)27-35-24-11-6-8-22(13-12-21-16-33-38(17-21)44(42,43)18-31)26(24)30(41)39(27)23-9-4-3-5-10-23/h3-11,14-17,20H,18,31H2,1-2H3,(H,34,40)/t20-/m1/s1. The van der Waals surface area contributed by atoms with Crippen LogP contribution < -0.4 is 16.6 Å². The Morgan fingerprint density at radius 2 is 1.89 bits per heavy atom. The molecule has 0 aliphatic rings. The summed E-state index contributed by atoms with van der Waals surface area (Å²) in [5, 5.41) is 11.4. The predicted octanol–water partition coefficient (Wildman–Crippen LogP) is 1.92. The molecule has 14 heteroatoms. The van der Waals surface area contributed by atoms with Crippen LogP contribution in [0.25, 0.3) is 22.2 Å². The van der Waals surface area contributed by atoms with Crippen molar-refractivity contribution in [3.63, 3.8) is 0 Å². The Kier molecular flexibility index (Phi) is 7.25. The molecule has 6 rings (SSSR count). The minimum absolute atomic E-state index is 0.260. The van der Waals surface area contributed by atoms with Gasteiger partial charge in [-0.05, 0) is 44.2 Å². The van der Waals surface area contributed by atoms with Crippen molar-refractivity contribution in [3.05, 3.63) is 118 Å². The number of hydrogen-bond donors (Lipinski definition) is 2. The maximum absolute atomic E-state index is 14.2. The van der Waals surface area contributed by atoms with E-state index in [1.165, 1.54) is 21.5 Å². The van der Waals surface area contributed by atoms with Gasteiger partial charge in [-0.3, -0.25) is 14.2 Å². The van der Waals surface area contributed by atoms with Crippen molar-refractivity contribution in [1.29, 1.82) is 0 Å². The van der Waals surface area contributed by atoms with Crippen LogP contribution in [0.15, 0.2) is 84.2 Å². The van der Waals surface area contributed by atoms with Crippen molar-refractivity contribution in [3.8, 4) is 17.5 Å². The van der Waals surface area contributed by atoms with E-state index in [1.54, 1.807) is 74.8 Å². The van der Waals surface area contributed by atoms with E-state index >= 15 is 0 Å². The van der Waals surface area contributed by atoms with Crippen molar-refractivity contribution in [2.75, 3.05) is 5.88 Å². The molecule has 2 aromatic carbocycles. The zero-order chi connectivity index (χ0) is 31.0. The monoisotopic (exact) mass is 607 g/mol. The molecule has 4 aromatic heterocycles. The number of carbonyl (C=O) groups is 1. The van der Waals surface area contributed by atoms with Crippen molar-refractivity contribution < 1.29 is 13.2 Å². The number of hydrogen-bond acceptors (Lipinski definition) is 9. The molecule has 0 aliphatic heterocycles. The lowest BCUT2D eigenvalue weighted by atomic mass is 10.1. The molecule has 0 saturated carbocycles. The summed E-state index contributed by atoms with van der Waals surface area (Å²) in [5.74, 6) is 5.13. The molecule has 0 aliphatic carbocycles. The Balaban J connectivity index is 1.45. The molecule has 0 bridgehead atoms. The van der Waals surface area contributed by atoms with Gasteiger partial charge in [0.05, 0.1) is 46.3 Å². The summed E-state index contributed by atoms with van der Waals surface area (Å²) in [4.78, 5) is 36.8. The number of benzene rings is 2. The maximum Gasteiger partial charge on any atom is 0.267 e. The van der Waals surface area contributed by atoms with E-state index in [2.05, 4.69) is 32.3 Å². The molecule has 3 N–H and O–H groups in total. The Labute approximate surface area is 251 Å². The van der Waals surface area contributed by atoms with Gasteiger partial charge >= 0.3 is 0 Å². The van der Waals surface area contributed by atoms with Gasteiger partial charge < -0.3 is 11.1 Å². The van der Waals surface area contributed by atoms with E-state index in [0.29, 0.717) is 45.1 Å². The summed E-state index contributed by atoms with van der Waals surface area (Å²) in [6, 6.07) is 15.1. The smallest absolute Gasteiger partial charge is 0.267 e. The van der Waals surface area contributed by atoms with Gasteiger partial charge in [0, 0.05) is 18.0 Å². The fourth-order valence-corrected chi connectivity index (χ4v) is 5.42. The highest BCUT2D eigenvalue weighted by atomic mass is 32.2. The van der Waals surface area contributed by atoms with Crippen LogP contribution in [-0.4, -0.2) is 53.5 Å². The first-order valence-corrected chi connectivity index (χ1v) is 15.0. The van der Waals surface area contributed by atoms with Gasteiger partial charge in [-0.2, -0.15) is 14.3 Å². The Morgan fingerprint density at radius 3 is 2.66 bits per heavy atom. The van der Waals surface area contributed by atoms with Crippen LogP contribution >= 0.6 is 0 Å². The van der Waals surface area contributed by atoms with E-state index in [-0.39, 0.29) is 5.39 Å². The average Bonchev–Trinajstić information content (AvgIpc) is 3.64. The highest BCUT2D eigenvalue weighted by molar-refractivity contribution is 7.89. The lowest BCUT2D eigenvalue weighted by molar-refractivity contribution is 0.0938. The second-order valence-corrected chi connectivity index (χ2v) is 11.7. The summed E-state index contributed by atoms with van der Waals surface area (Å²) >= 11 is 0. The van der Waals surface area contributed by atoms with Crippen LogP contribution in [0.3, 0.4) is 0 Å². The number of nitrogens with zero attached hydrogens (tertiary/aromatic N) is 7. The fourth-order valence-electron chi connectivity index (χ4n) is 4.80.